The van der Waals surface area contributed by atoms with Crippen LogP contribution >= 0.6 is 0 Å². The number of nitroso groups, excluding NO2 is 1. The van der Waals surface area contributed by atoms with Crippen LogP contribution in [-0.2, 0) is 4.74 Å². The van der Waals surface area contributed by atoms with Gasteiger partial charge in [0, 0.05) is 50.1 Å². The first-order chi connectivity index (χ1) is 15.5. The van der Waals surface area contributed by atoms with Crippen molar-refractivity contribution in [3.8, 4) is 0 Å². The van der Waals surface area contributed by atoms with Crippen molar-refractivity contribution in [3.63, 3.8) is 0 Å². The number of hydrogen-bond acceptors (Lipinski definition) is 8. The molecule has 2 N–H and O–H groups in total. The van der Waals surface area contributed by atoms with Crippen molar-refractivity contribution < 1.29 is 4.74 Å². The van der Waals surface area contributed by atoms with Crippen LogP contribution in [0.4, 0.5) is 0 Å². The van der Waals surface area contributed by atoms with Gasteiger partial charge < -0.3 is 15.4 Å². The van der Waals surface area contributed by atoms with Crippen molar-refractivity contribution >= 4 is 11.9 Å². The normalized spacial score (nSPS) is 17.2. The number of rotatable bonds is 12. The van der Waals surface area contributed by atoms with Crippen LogP contribution in [-0.4, -0.2) is 60.0 Å². The maximum atomic E-state index is 10.9. The van der Waals surface area contributed by atoms with Gasteiger partial charge in [0.1, 0.15) is 6.04 Å². The molecule has 0 radical (unpaired) electrons. The van der Waals surface area contributed by atoms with E-state index in [4.69, 9.17) is 15.5 Å². The van der Waals surface area contributed by atoms with E-state index in [-0.39, 0.29) is 13.2 Å². The van der Waals surface area contributed by atoms with Gasteiger partial charge in [-0.1, -0.05) is 32.0 Å². The summed E-state index contributed by atoms with van der Waals surface area (Å²) in [4.78, 5) is 22.2. The van der Waals surface area contributed by atoms with Crippen LogP contribution in [0.25, 0.3) is 0 Å². The third-order valence-electron chi connectivity index (χ3n) is 5.29. The molecule has 0 saturated carbocycles. The predicted octanol–water partition coefficient (Wildman–Crippen LogP) is 3.81. The monoisotopic (exact) mass is 441 g/mol. The molecule has 0 aliphatic carbocycles. The minimum absolute atomic E-state index is 0.220. The molecule has 0 aromatic carbocycles. The first-order valence-corrected chi connectivity index (χ1v) is 11.0. The lowest BCUT2D eigenvalue weighted by molar-refractivity contribution is 0.182. The highest BCUT2D eigenvalue weighted by molar-refractivity contribution is 6.13. The second-order valence-electron chi connectivity index (χ2n) is 7.59. The van der Waals surface area contributed by atoms with E-state index < -0.39 is 6.04 Å². The molecule has 174 valence electrons. The average Bonchev–Trinajstić information content (AvgIpc) is 3.28. The minimum Gasteiger partial charge on any atom is -0.404 e. The summed E-state index contributed by atoms with van der Waals surface area (Å²) < 4.78 is 7.00. The van der Waals surface area contributed by atoms with Crippen molar-refractivity contribution in [1.29, 1.82) is 0 Å². The number of nitrogens with two attached hydrogens (primary N) is 1. The molecule has 9 nitrogen and oxygen atoms in total. The third-order valence-corrected chi connectivity index (χ3v) is 5.29. The molecule has 0 spiro atoms. The van der Waals surface area contributed by atoms with Crippen molar-refractivity contribution in [2.75, 3.05) is 27.3 Å². The highest BCUT2D eigenvalue weighted by Crippen LogP contribution is 2.25. The van der Waals surface area contributed by atoms with Gasteiger partial charge >= 0.3 is 0 Å². The Hall–Kier alpha value is -3.07. The van der Waals surface area contributed by atoms with Crippen LogP contribution in [0.2, 0.25) is 0 Å². The van der Waals surface area contributed by atoms with E-state index in [1.54, 1.807) is 6.21 Å². The Labute approximate surface area is 190 Å². The first-order valence-electron chi connectivity index (χ1n) is 11.0. The number of nitrogens with zero attached hydrogens (tertiary/aromatic N) is 6. The lowest BCUT2D eigenvalue weighted by Crippen LogP contribution is -2.24. The van der Waals surface area contributed by atoms with E-state index in [1.807, 2.05) is 29.0 Å². The highest BCUT2D eigenvalue weighted by Gasteiger charge is 2.22. The van der Waals surface area contributed by atoms with Crippen LogP contribution in [0.15, 0.2) is 63.0 Å². The number of aliphatic imine (C=N–C) groups is 2. The largest absolute Gasteiger partial charge is 0.404 e. The van der Waals surface area contributed by atoms with Gasteiger partial charge in [0.15, 0.2) is 0 Å². The van der Waals surface area contributed by atoms with Gasteiger partial charge in [0.2, 0.25) is 0 Å². The van der Waals surface area contributed by atoms with Crippen molar-refractivity contribution in [2.24, 2.45) is 20.9 Å². The second-order valence-corrected chi connectivity index (χ2v) is 7.59. The Morgan fingerprint density at radius 2 is 2.06 bits per heavy atom. The Morgan fingerprint density at radius 3 is 2.66 bits per heavy atom. The summed E-state index contributed by atoms with van der Waals surface area (Å²) in [6.45, 7) is 6.87. The summed E-state index contributed by atoms with van der Waals surface area (Å²) in [7, 11) is 3.51. The van der Waals surface area contributed by atoms with Crippen molar-refractivity contribution in [2.45, 2.75) is 52.1 Å². The van der Waals surface area contributed by atoms with E-state index in [2.05, 4.69) is 48.3 Å². The Balaban J connectivity index is 2.37. The van der Waals surface area contributed by atoms with Gasteiger partial charge in [-0.25, -0.2) is 4.99 Å². The molecule has 32 heavy (non-hydrogen) atoms. The van der Waals surface area contributed by atoms with Crippen molar-refractivity contribution in [3.05, 3.63) is 58.3 Å². The molecule has 1 aromatic heterocycles. The van der Waals surface area contributed by atoms with Gasteiger partial charge in [-0.3, -0.25) is 9.67 Å². The number of likely N-dealkylation sites (N-methyl/N-ethyl adjacent to an activating group) is 1. The molecule has 0 saturated heterocycles. The quantitative estimate of drug-likeness (QED) is 0.392. The topological polar surface area (TPSA) is 110 Å². The molecule has 2 heterocycles. The smallest absolute Gasteiger partial charge is 0.135 e. The SMILES string of the molecule is CC/C=C1/C(c2cnn(C(CC)CC)c2)=NC(C(C=NCC(COC)N=O)=CN)=CN1C. The second kappa shape index (κ2) is 12.7. The minimum atomic E-state index is -0.535. The highest BCUT2D eigenvalue weighted by atomic mass is 16.5. The number of ether oxygens (including phenoxy) is 1. The molecule has 1 aliphatic heterocycles. The summed E-state index contributed by atoms with van der Waals surface area (Å²) in [5.74, 6) is 0. The van der Waals surface area contributed by atoms with Gasteiger partial charge in [0.25, 0.3) is 0 Å². The Bertz CT molecular complexity index is 907. The summed E-state index contributed by atoms with van der Waals surface area (Å²) in [6.07, 6.45) is 14.0. The lowest BCUT2D eigenvalue weighted by atomic mass is 10.1. The molecule has 1 atom stereocenters. The van der Waals surface area contributed by atoms with E-state index in [9.17, 15) is 4.91 Å². The molecule has 9 heteroatoms. The van der Waals surface area contributed by atoms with Gasteiger partial charge in [-0.2, -0.15) is 10.0 Å². The van der Waals surface area contributed by atoms with Crippen LogP contribution < -0.4 is 5.73 Å². The fraction of sp³-hybridized carbons (Fsp3) is 0.522. The van der Waals surface area contributed by atoms with E-state index in [0.29, 0.717) is 17.3 Å². The number of hydrogen-bond donors (Lipinski definition) is 1. The summed E-state index contributed by atoms with van der Waals surface area (Å²) >= 11 is 0. The molecule has 0 bridgehead atoms. The fourth-order valence-corrected chi connectivity index (χ4v) is 3.51. The van der Waals surface area contributed by atoms with E-state index in [0.717, 1.165) is 36.2 Å². The van der Waals surface area contributed by atoms with Gasteiger partial charge in [0.05, 0.1) is 42.5 Å². The van der Waals surface area contributed by atoms with Crippen LogP contribution in [0.3, 0.4) is 0 Å². The standard InChI is InChI=1S/C23H35N7O2/c1-6-9-22-23(18-12-26-30(14-18)20(7-2)8-3)27-21(15-29(22)4)17(10-24)11-25-13-19(28-31)16-32-5/h9-12,14-15,19-20H,6-8,13,16,24H2,1-5H3/b17-10?,22-9-,25-11?. The van der Waals surface area contributed by atoms with Crippen molar-refractivity contribution in [1.82, 2.24) is 14.7 Å². The van der Waals surface area contributed by atoms with Crippen LogP contribution in [0, 0.1) is 4.91 Å². The molecule has 1 unspecified atom stereocenters. The fourth-order valence-electron chi connectivity index (χ4n) is 3.51. The third kappa shape index (κ3) is 6.23. The average molecular weight is 442 g/mol. The molecule has 1 aromatic rings. The molecule has 0 amide bonds. The molecule has 2 rings (SSSR count). The van der Waals surface area contributed by atoms with Crippen LogP contribution in [0.5, 0.6) is 0 Å². The van der Waals surface area contributed by atoms with Gasteiger partial charge in [-0.05, 0) is 19.3 Å². The maximum Gasteiger partial charge on any atom is 0.135 e. The molecule has 0 fully saturated rings. The molecule has 1 aliphatic rings. The van der Waals surface area contributed by atoms with E-state index in [1.165, 1.54) is 13.3 Å². The Morgan fingerprint density at radius 1 is 1.31 bits per heavy atom. The maximum absolute atomic E-state index is 10.9. The number of methoxy groups -OCH3 is 1. The Kier molecular flexibility index (Phi) is 10.0. The van der Waals surface area contributed by atoms with Gasteiger partial charge in [-0.15, -0.1) is 0 Å². The summed E-state index contributed by atoms with van der Waals surface area (Å²) in [5, 5.41) is 7.62. The predicted molar refractivity (Wildman–Crippen MR) is 130 cm³/mol. The molecular weight excluding hydrogens is 406 g/mol. The number of allylic oxidation sites excluding steroid dienone is 3. The van der Waals surface area contributed by atoms with Crippen LogP contribution in [0.1, 0.15) is 51.6 Å². The summed E-state index contributed by atoms with van der Waals surface area (Å²) in [5.41, 5.74) is 10.0. The zero-order chi connectivity index (χ0) is 23.5. The summed E-state index contributed by atoms with van der Waals surface area (Å²) in [6, 6.07) is -0.176. The first kappa shape index (κ1) is 25.2. The lowest BCUT2D eigenvalue weighted by Gasteiger charge is -2.25. The number of aromatic nitrogens is 2. The molecular formula is C23H35N7O2. The van der Waals surface area contributed by atoms with E-state index >= 15 is 0 Å². The zero-order valence-corrected chi connectivity index (χ0v) is 19.7. The zero-order valence-electron chi connectivity index (χ0n) is 19.7.